The van der Waals surface area contributed by atoms with Gasteiger partial charge in [0.1, 0.15) is 6.54 Å². The maximum Gasteiger partial charge on any atom is 0.322 e. The second-order valence-electron chi connectivity index (χ2n) is 7.47. The van der Waals surface area contributed by atoms with E-state index in [2.05, 4.69) is 43.8 Å². The van der Waals surface area contributed by atoms with Crippen molar-refractivity contribution in [3.63, 3.8) is 0 Å². The van der Waals surface area contributed by atoms with E-state index in [-0.39, 0.29) is 12.3 Å². The lowest BCUT2D eigenvalue weighted by Gasteiger charge is -2.06. The van der Waals surface area contributed by atoms with Crippen LogP contribution in [0.1, 0.15) is 53.1 Å². The summed E-state index contributed by atoms with van der Waals surface area (Å²) in [5.74, 6) is -0.986. The highest BCUT2D eigenvalue weighted by molar-refractivity contribution is 6.08. The summed E-state index contributed by atoms with van der Waals surface area (Å²) in [6.45, 7) is 8.59. The number of aliphatic carboxylic acids is 1. The zero-order chi connectivity index (χ0) is 27.3. The van der Waals surface area contributed by atoms with Gasteiger partial charge in [0.15, 0.2) is 0 Å². The molecule has 0 radical (unpaired) electrons. The molecule has 0 atom stereocenters. The first kappa shape index (κ1) is 31.6. The number of amides is 1. The number of benzene rings is 1. The molecule has 1 aromatic carbocycles. The monoisotopic (exact) mass is 489 g/mol. The van der Waals surface area contributed by atoms with Crippen LogP contribution in [0.25, 0.3) is 6.08 Å². The normalized spacial score (nSPS) is 9.39. The molecular formula is C29H35N3O4. The van der Waals surface area contributed by atoms with Crippen LogP contribution in [0, 0.1) is 26.7 Å². The van der Waals surface area contributed by atoms with Gasteiger partial charge in [0.25, 0.3) is 0 Å². The summed E-state index contributed by atoms with van der Waals surface area (Å²) in [5.41, 5.74) is 4.68. The van der Waals surface area contributed by atoms with Crippen LogP contribution in [0.2, 0.25) is 0 Å². The van der Waals surface area contributed by atoms with E-state index in [9.17, 15) is 14.4 Å². The summed E-state index contributed by atoms with van der Waals surface area (Å²) >= 11 is 0. The van der Waals surface area contributed by atoms with E-state index in [0.29, 0.717) is 24.2 Å². The number of carboxylic acids is 1. The number of carboxylic acid groups (broad SMARTS) is 1. The lowest BCUT2D eigenvalue weighted by atomic mass is 10.1. The van der Waals surface area contributed by atoms with E-state index >= 15 is 0 Å². The number of carbonyl (C=O) groups excluding carboxylic acids is 2. The van der Waals surface area contributed by atoms with Crippen molar-refractivity contribution in [1.29, 1.82) is 0 Å². The third kappa shape index (κ3) is 12.7. The largest absolute Gasteiger partial charge is 0.480 e. The van der Waals surface area contributed by atoms with Crippen LogP contribution in [0.15, 0.2) is 67.0 Å². The maximum absolute atomic E-state index is 12.7. The average molecular weight is 490 g/mol. The Kier molecular flexibility index (Phi) is 16.6. The quantitative estimate of drug-likeness (QED) is 0.265. The first-order valence-electron chi connectivity index (χ1n) is 11.4. The summed E-state index contributed by atoms with van der Waals surface area (Å²) in [4.78, 5) is 35.7. The number of rotatable bonds is 8. The van der Waals surface area contributed by atoms with Crippen LogP contribution in [0.5, 0.6) is 0 Å². The van der Waals surface area contributed by atoms with Gasteiger partial charge in [-0.05, 0) is 43.7 Å². The number of allylic oxidation sites excluding steroid dienone is 1. The van der Waals surface area contributed by atoms with Crippen molar-refractivity contribution in [2.75, 3.05) is 6.54 Å². The van der Waals surface area contributed by atoms with Crippen molar-refractivity contribution < 1.29 is 19.5 Å². The number of hydrogen-bond acceptors (Lipinski definition) is 4. The SMILES string of the molecule is C#C.CCC.Cc1ccc(C(=O)c2cccn2C/C=C/c2ccnc(C)c2)cc1.O=CNCC(=O)O. The third-order valence-electron chi connectivity index (χ3n) is 4.25. The van der Waals surface area contributed by atoms with E-state index in [0.717, 1.165) is 16.8 Å². The highest BCUT2D eigenvalue weighted by Crippen LogP contribution is 2.13. The fraction of sp³-hybridized carbons (Fsp3) is 0.241. The Hall–Kier alpha value is -4.44. The number of nitrogens with zero attached hydrogens (tertiary/aromatic N) is 2. The number of aryl methyl sites for hydroxylation is 2. The minimum atomic E-state index is -1.04. The molecule has 0 saturated heterocycles. The Morgan fingerprint density at radius 1 is 1.08 bits per heavy atom. The van der Waals surface area contributed by atoms with Gasteiger partial charge < -0.3 is 15.0 Å². The maximum atomic E-state index is 12.7. The summed E-state index contributed by atoms with van der Waals surface area (Å²) in [6.07, 6.45) is 17.4. The Morgan fingerprint density at radius 2 is 1.72 bits per heavy atom. The topological polar surface area (TPSA) is 101 Å². The lowest BCUT2D eigenvalue weighted by Crippen LogP contribution is -2.20. The minimum absolute atomic E-state index is 0.0492. The molecular weight excluding hydrogens is 454 g/mol. The minimum Gasteiger partial charge on any atom is -0.480 e. The standard InChI is InChI=1S/C21H20N2O.C3H5NO3.C3H8.C2H2/c1-16-7-9-19(10-8-16)21(24)20-6-4-14-23(20)13-3-5-18-11-12-22-17(2)15-18;5-2-4-1-3(6)7;1-3-2;1-2/h3-12,14-15H,13H2,1-2H3;2H,1H2,(H,4,5)(H,6,7);3H2,1-2H3;1-2H/b5-3+;;;. The molecule has 2 heterocycles. The van der Waals surface area contributed by atoms with E-state index < -0.39 is 5.97 Å². The van der Waals surface area contributed by atoms with Gasteiger partial charge in [-0.2, -0.15) is 0 Å². The predicted octanol–water partition coefficient (Wildman–Crippen LogP) is 4.93. The molecule has 7 nitrogen and oxygen atoms in total. The Bertz CT molecular complexity index is 1110. The Balaban J connectivity index is 0.000000862. The van der Waals surface area contributed by atoms with Gasteiger partial charge in [-0.15, -0.1) is 12.8 Å². The molecule has 0 fully saturated rings. The van der Waals surface area contributed by atoms with Gasteiger partial charge in [0, 0.05) is 30.2 Å². The van der Waals surface area contributed by atoms with E-state index in [1.165, 1.54) is 6.42 Å². The van der Waals surface area contributed by atoms with Crippen LogP contribution in [-0.2, 0) is 16.1 Å². The number of ketones is 1. The number of aromatic nitrogens is 2. The molecule has 36 heavy (non-hydrogen) atoms. The third-order valence-corrected chi connectivity index (χ3v) is 4.25. The molecule has 1 amide bonds. The van der Waals surface area contributed by atoms with Gasteiger partial charge in [-0.1, -0.05) is 62.2 Å². The molecule has 0 aliphatic rings. The van der Waals surface area contributed by atoms with Gasteiger partial charge >= 0.3 is 5.97 Å². The highest BCUT2D eigenvalue weighted by atomic mass is 16.4. The predicted molar refractivity (Wildman–Crippen MR) is 145 cm³/mol. The summed E-state index contributed by atoms with van der Waals surface area (Å²) in [6, 6.07) is 15.5. The molecule has 3 aromatic rings. The van der Waals surface area contributed by atoms with Gasteiger partial charge in [0.2, 0.25) is 12.2 Å². The van der Waals surface area contributed by atoms with E-state index in [1.54, 1.807) is 6.20 Å². The smallest absolute Gasteiger partial charge is 0.322 e. The first-order valence-corrected chi connectivity index (χ1v) is 11.4. The summed E-state index contributed by atoms with van der Waals surface area (Å²) < 4.78 is 1.97. The Morgan fingerprint density at radius 3 is 2.25 bits per heavy atom. The van der Waals surface area contributed by atoms with Crippen molar-refractivity contribution in [2.45, 2.75) is 40.7 Å². The molecule has 2 N–H and O–H groups in total. The number of nitrogens with one attached hydrogen (secondary N) is 1. The van der Waals surface area contributed by atoms with Crippen molar-refractivity contribution in [2.24, 2.45) is 0 Å². The van der Waals surface area contributed by atoms with Gasteiger partial charge in [-0.25, -0.2) is 0 Å². The van der Waals surface area contributed by atoms with Crippen LogP contribution in [-0.4, -0.2) is 39.4 Å². The van der Waals surface area contributed by atoms with Crippen LogP contribution in [0.3, 0.4) is 0 Å². The zero-order valence-corrected chi connectivity index (χ0v) is 21.3. The molecule has 0 unspecified atom stereocenters. The second-order valence-corrected chi connectivity index (χ2v) is 7.47. The zero-order valence-electron chi connectivity index (χ0n) is 21.3. The van der Waals surface area contributed by atoms with E-state index in [4.69, 9.17) is 5.11 Å². The molecule has 0 saturated carbocycles. The van der Waals surface area contributed by atoms with Crippen LogP contribution < -0.4 is 5.32 Å². The van der Waals surface area contributed by atoms with Crippen molar-refractivity contribution in [3.8, 4) is 12.8 Å². The number of pyridine rings is 1. The van der Waals surface area contributed by atoms with Gasteiger partial charge in [0.05, 0.1) is 5.69 Å². The molecule has 0 aliphatic carbocycles. The highest BCUT2D eigenvalue weighted by Gasteiger charge is 2.12. The molecule has 7 heteroatoms. The average Bonchev–Trinajstić information content (AvgIpc) is 3.33. The molecule has 190 valence electrons. The van der Waals surface area contributed by atoms with Crippen molar-refractivity contribution in [3.05, 3.63) is 95.1 Å². The number of terminal acetylenes is 1. The van der Waals surface area contributed by atoms with Crippen LogP contribution in [0.4, 0.5) is 0 Å². The van der Waals surface area contributed by atoms with Crippen molar-refractivity contribution in [1.82, 2.24) is 14.9 Å². The second kappa shape index (κ2) is 18.9. The molecule has 0 aliphatic heterocycles. The Labute approximate surface area is 213 Å². The van der Waals surface area contributed by atoms with Crippen LogP contribution >= 0.6 is 0 Å². The fourth-order valence-corrected chi connectivity index (χ4v) is 2.73. The van der Waals surface area contributed by atoms with Gasteiger partial charge in [-0.3, -0.25) is 19.4 Å². The summed E-state index contributed by atoms with van der Waals surface area (Å²) in [5, 5.41) is 9.79. The molecule has 0 bridgehead atoms. The molecule has 3 rings (SSSR count). The fourth-order valence-electron chi connectivity index (χ4n) is 2.73. The molecule has 0 spiro atoms. The number of carbonyl (C=O) groups is 3. The molecule has 2 aromatic heterocycles. The first-order chi connectivity index (χ1) is 17.3. The van der Waals surface area contributed by atoms with Crippen molar-refractivity contribution >= 4 is 24.2 Å². The summed E-state index contributed by atoms with van der Waals surface area (Å²) in [7, 11) is 0. The number of hydrogen-bond donors (Lipinski definition) is 2. The van der Waals surface area contributed by atoms with E-state index in [1.807, 2.05) is 78.5 Å². The lowest BCUT2D eigenvalue weighted by molar-refractivity contribution is -0.136.